The maximum absolute atomic E-state index is 13.1. The van der Waals surface area contributed by atoms with Gasteiger partial charge in [-0.25, -0.2) is 9.13 Å². The number of rotatable bonds is 84. The number of carbonyl (C=O) groups is 4. The largest absolute Gasteiger partial charge is 0.472 e. The van der Waals surface area contributed by atoms with E-state index in [2.05, 4.69) is 34.6 Å². The average molecular weight is 1510 g/mol. The number of phosphoric ester groups is 2. The van der Waals surface area contributed by atoms with Crippen molar-refractivity contribution in [2.75, 3.05) is 39.6 Å². The van der Waals surface area contributed by atoms with Gasteiger partial charge in [0, 0.05) is 25.7 Å². The molecule has 3 N–H and O–H groups in total. The molecule has 0 saturated heterocycles. The lowest BCUT2D eigenvalue weighted by atomic mass is 9.99. The molecule has 0 aromatic carbocycles. The summed E-state index contributed by atoms with van der Waals surface area (Å²) < 4.78 is 68.8. The van der Waals surface area contributed by atoms with E-state index in [0.29, 0.717) is 25.7 Å². The van der Waals surface area contributed by atoms with Gasteiger partial charge in [0.1, 0.15) is 19.3 Å². The predicted molar refractivity (Wildman–Crippen MR) is 423 cm³/mol. The van der Waals surface area contributed by atoms with E-state index in [4.69, 9.17) is 37.0 Å². The first-order valence-corrected chi connectivity index (χ1v) is 46.7. The minimum absolute atomic E-state index is 0.107. The van der Waals surface area contributed by atoms with Crippen LogP contribution in [0.25, 0.3) is 0 Å². The van der Waals surface area contributed by atoms with Gasteiger partial charge in [-0.15, -0.1) is 0 Å². The molecule has 0 bridgehead atoms. The topological polar surface area (TPSA) is 237 Å². The second kappa shape index (κ2) is 76.8. The molecule has 0 heterocycles. The van der Waals surface area contributed by atoms with Crippen molar-refractivity contribution in [2.24, 2.45) is 5.92 Å². The molecular formula is C84H164O17P2. The quantitative estimate of drug-likeness (QED) is 0.0222. The van der Waals surface area contributed by atoms with Crippen LogP contribution in [0, 0.1) is 5.92 Å². The van der Waals surface area contributed by atoms with Gasteiger partial charge in [0.2, 0.25) is 0 Å². The molecule has 0 aromatic heterocycles. The lowest BCUT2D eigenvalue weighted by Crippen LogP contribution is -2.30. The predicted octanol–water partition coefficient (Wildman–Crippen LogP) is 25.6. The Kier molecular flexibility index (Phi) is 75.4. The molecule has 3 unspecified atom stereocenters. The molecule has 0 aliphatic rings. The van der Waals surface area contributed by atoms with Crippen molar-refractivity contribution >= 4 is 39.5 Å². The molecule has 0 aliphatic carbocycles. The Labute approximate surface area is 632 Å². The first-order valence-electron chi connectivity index (χ1n) is 43.7. The first kappa shape index (κ1) is 101. The van der Waals surface area contributed by atoms with Crippen molar-refractivity contribution < 1.29 is 80.2 Å². The number of unbranched alkanes of at least 4 members (excludes halogenated alkanes) is 55. The number of hydrogen-bond donors (Lipinski definition) is 3. The van der Waals surface area contributed by atoms with E-state index in [0.717, 1.165) is 95.8 Å². The van der Waals surface area contributed by atoms with Gasteiger partial charge in [-0.3, -0.25) is 37.3 Å². The van der Waals surface area contributed by atoms with Crippen LogP contribution in [0.4, 0.5) is 0 Å². The van der Waals surface area contributed by atoms with Gasteiger partial charge in [0.05, 0.1) is 26.4 Å². The van der Waals surface area contributed by atoms with E-state index in [1.807, 2.05) is 0 Å². The Morgan fingerprint density at radius 3 is 0.689 bits per heavy atom. The zero-order valence-electron chi connectivity index (χ0n) is 67.5. The van der Waals surface area contributed by atoms with Crippen LogP contribution >= 0.6 is 15.6 Å². The zero-order valence-corrected chi connectivity index (χ0v) is 69.3. The standard InChI is InChI=1S/C84H164O17P2/c1-6-10-13-16-19-22-25-28-30-32-33-34-35-36-38-40-43-49-54-59-64-69-83(88)100-79(73-95-82(87)68-63-58-53-48-42-39-37-31-29-26-23-20-17-14-11-7-2)75-98-102(90,91)96-71-78(85)72-97-103(92,93)99-76-80(74-94-81(86)67-62-57-52-47-41-27-24-21-18-15-12-8-3)101-84(89)70-65-60-55-50-45-44-46-51-56-61-66-77(5)9-4/h77-80,85H,6-76H2,1-5H3,(H,90,91)(H,92,93)/t77?,78-,79-,80-/m1/s1. The lowest BCUT2D eigenvalue weighted by Gasteiger charge is -2.21. The molecule has 17 nitrogen and oxygen atoms in total. The van der Waals surface area contributed by atoms with Crippen molar-refractivity contribution in [3.05, 3.63) is 0 Å². The molecule has 0 aromatic rings. The Morgan fingerprint density at radius 1 is 0.272 bits per heavy atom. The van der Waals surface area contributed by atoms with Crippen molar-refractivity contribution in [3.63, 3.8) is 0 Å². The van der Waals surface area contributed by atoms with Crippen molar-refractivity contribution in [3.8, 4) is 0 Å². The molecule has 612 valence electrons. The Balaban J connectivity index is 5.24. The smallest absolute Gasteiger partial charge is 0.462 e. The number of carbonyl (C=O) groups excluding carboxylic acids is 4. The summed E-state index contributed by atoms with van der Waals surface area (Å²) in [6, 6.07) is 0. The number of ether oxygens (including phenoxy) is 4. The van der Waals surface area contributed by atoms with Gasteiger partial charge < -0.3 is 33.8 Å². The van der Waals surface area contributed by atoms with Crippen LogP contribution in [0.3, 0.4) is 0 Å². The summed E-state index contributed by atoms with van der Waals surface area (Å²) in [6.07, 6.45) is 69.3. The van der Waals surface area contributed by atoms with E-state index in [1.54, 1.807) is 0 Å². The van der Waals surface area contributed by atoms with Gasteiger partial charge in [-0.05, 0) is 31.6 Å². The molecule has 6 atom stereocenters. The second-order valence-electron chi connectivity index (χ2n) is 30.5. The SMILES string of the molecule is CCCCCCCCCCCCCCCCCCCCCCCC(=O)O[C@H](COC(=O)CCCCCCCCCCCCCCCCCC)COP(=O)(O)OC[C@@H](O)COP(=O)(O)OC[C@@H](COC(=O)CCCCCCCCCCCCCC)OC(=O)CCCCCCCCCCCCC(C)CC. The molecule has 103 heavy (non-hydrogen) atoms. The van der Waals surface area contributed by atoms with Crippen LogP contribution in [0.5, 0.6) is 0 Å². The van der Waals surface area contributed by atoms with Crippen LogP contribution in [-0.4, -0.2) is 96.7 Å². The average Bonchev–Trinajstić information content (AvgIpc) is 0.963. The van der Waals surface area contributed by atoms with E-state index in [-0.39, 0.29) is 25.7 Å². The molecular weight excluding hydrogens is 1340 g/mol. The van der Waals surface area contributed by atoms with E-state index in [1.165, 1.54) is 276 Å². The minimum Gasteiger partial charge on any atom is -0.462 e. The number of hydrogen-bond acceptors (Lipinski definition) is 15. The van der Waals surface area contributed by atoms with Gasteiger partial charge in [-0.1, -0.05) is 401 Å². The van der Waals surface area contributed by atoms with E-state index < -0.39 is 97.5 Å². The molecule has 0 aliphatic heterocycles. The van der Waals surface area contributed by atoms with Crippen LogP contribution in [0.1, 0.15) is 452 Å². The molecule has 0 spiro atoms. The van der Waals surface area contributed by atoms with Crippen LogP contribution in [0.15, 0.2) is 0 Å². The highest BCUT2D eigenvalue weighted by atomic mass is 31.2. The molecule has 0 rings (SSSR count). The summed E-state index contributed by atoms with van der Waals surface area (Å²) in [5.74, 6) is -1.30. The minimum atomic E-state index is -4.96. The van der Waals surface area contributed by atoms with E-state index in [9.17, 15) is 43.2 Å². The molecule has 0 amide bonds. The fraction of sp³-hybridized carbons (Fsp3) is 0.952. The third-order valence-corrected chi connectivity index (χ3v) is 22.0. The normalized spacial score (nSPS) is 14.1. The Hall–Kier alpha value is -1.94. The first-order chi connectivity index (χ1) is 50.1. The van der Waals surface area contributed by atoms with Crippen molar-refractivity contribution in [1.29, 1.82) is 0 Å². The Morgan fingerprint density at radius 2 is 0.466 bits per heavy atom. The fourth-order valence-electron chi connectivity index (χ4n) is 13.1. The monoisotopic (exact) mass is 1510 g/mol. The van der Waals surface area contributed by atoms with Gasteiger partial charge in [0.15, 0.2) is 12.2 Å². The van der Waals surface area contributed by atoms with Crippen LogP contribution in [0.2, 0.25) is 0 Å². The lowest BCUT2D eigenvalue weighted by molar-refractivity contribution is -0.161. The molecule has 0 radical (unpaired) electrons. The zero-order chi connectivity index (χ0) is 75.5. The van der Waals surface area contributed by atoms with Gasteiger partial charge in [0.25, 0.3) is 0 Å². The number of aliphatic hydroxyl groups excluding tert-OH is 1. The molecule has 0 fully saturated rings. The summed E-state index contributed by atoms with van der Waals surface area (Å²) in [7, 11) is -9.92. The second-order valence-corrected chi connectivity index (χ2v) is 33.4. The van der Waals surface area contributed by atoms with Crippen LogP contribution in [-0.2, 0) is 65.4 Å². The summed E-state index contributed by atoms with van der Waals surface area (Å²) in [5.41, 5.74) is 0. The van der Waals surface area contributed by atoms with Crippen molar-refractivity contribution in [1.82, 2.24) is 0 Å². The summed E-state index contributed by atoms with van der Waals surface area (Å²) in [6.45, 7) is 7.38. The molecule has 0 saturated carbocycles. The number of aliphatic hydroxyl groups is 1. The highest BCUT2D eigenvalue weighted by Crippen LogP contribution is 2.45. The van der Waals surface area contributed by atoms with Crippen molar-refractivity contribution in [2.45, 2.75) is 470 Å². The Bertz CT molecular complexity index is 1960. The summed E-state index contributed by atoms with van der Waals surface area (Å²) >= 11 is 0. The third-order valence-electron chi connectivity index (χ3n) is 20.1. The molecule has 19 heteroatoms. The van der Waals surface area contributed by atoms with Gasteiger partial charge in [-0.2, -0.15) is 0 Å². The number of esters is 4. The third kappa shape index (κ3) is 76.6. The highest BCUT2D eigenvalue weighted by molar-refractivity contribution is 7.47. The van der Waals surface area contributed by atoms with E-state index >= 15 is 0 Å². The van der Waals surface area contributed by atoms with Crippen LogP contribution < -0.4 is 0 Å². The summed E-state index contributed by atoms with van der Waals surface area (Å²) in [5, 5.41) is 10.7. The highest BCUT2D eigenvalue weighted by Gasteiger charge is 2.30. The maximum atomic E-state index is 13.1. The summed E-state index contributed by atoms with van der Waals surface area (Å²) in [4.78, 5) is 73.2. The fourth-order valence-corrected chi connectivity index (χ4v) is 14.7. The maximum Gasteiger partial charge on any atom is 0.472 e. The number of phosphoric acid groups is 2. The van der Waals surface area contributed by atoms with Gasteiger partial charge >= 0.3 is 39.5 Å².